The average molecular weight is 283 g/mol. The molecule has 1 heterocycles. The Hall–Kier alpha value is -2.57. The summed E-state index contributed by atoms with van der Waals surface area (Å²) in [7, 11) is 0. The van der Waals surface area contributed by atoms with Gasteiger partial charge in [-0.1, -0.05) is 0 Å². The number of nitrogens with zero attached hydrogens (tertiary/aromatic N) is 1. The van der Waals surface area contributed by atoms with Crippen molar-refractivity contribution < 1.29 is 27.5 Å². The van der Waals surface area contributed by atoms with Crippen molar-refractivity contribution >= 4 is 12.1 Å². The number of aromatic nitrogens is 1. The van der Waals surface area contributed by atoms with Crippen LogP contribution >= 0.6 is 0 Å². The molecule has 0 aliphatic heterocycles. The molecule has 0 spiro atoms. The summed E-state index contributed by atoms with van der Waals surface area (Å²) >= 11 is 0. The van der Waals surface area contributed by atoms with Crippen LogP contribution in [-0.2, 0) is 4.79 Å². The summed E-state index contributed by atoms with van der Waals surface area (Å²) in [4.78, 5) is 21.9. The zero-order valence-electron chi connectivity index (χ0n) is 9.92. The molecule has 2 rings (SSSR count). The van der Waals surface area contributed by atoms with Gasteiger partial charge in [-0.05, 0) is 36.4 Å². The Morgan fingerprint density at radius 2 is 1.80 bits per heavy atom. The lowest BCUT2D eigenvalue weighted by atomic mass is 10.2. The third kappa shape index (κ3) is 3.05. The highest BCUT2D eigenvalue weighted by Gasteiger charge is 2.31. The van der Waals surface area contributed by atoms with Gasteiger partial charge in [0.1, 0.15) is 5.75 Å². The van der Waals surface area contributed by atoms with Crippen LogP contribution in [0, 0.1) is 0 Å². The zero-order valence-corrected chi connectivity index (χ0v) is 9.92. The molecule has 2 aromatic rings. The first-order valence-electron chi connectivity index (χ1n) is 5.44. The molecule has 4 nitrogen and oxygen atoms in total. The fourth-order valence-electron chi connectivity index (χ4n) is 1.68. The van der Waals surface area contributed by atoms with Crippen LogP contribution in [0.5, 0.6) is 5.75 Å². The molecule has 1 aromatic carbocycles. The highest BCUT2D eigenvalue weighted by molar-refractivity contribution is 6.32. The molecule has 0 amide bonds. The molecule has 0 N–H and O–H groups in total. The molecule has 0 saturated carbocycles. The summed E-state index contributed by atoms with van der Waals surface area (Å²) < 4.78 is 41.2. The van der Waals surface area contributed by atoms with Gasteiger partial charge in [-0.2, -0.15) is 0 Å². The van der Waals surface area contributed by atoms with Gasteiger partial charge in [0.15, 0.2) is 6.29 Å². The average Bonchev–Trinajstić information content (AvgIpc) is 2.86. The molecular formula is C13H8F3NO3. The Labute approximate surface area is 111 Å². The third-order valence-electron chi connectivity index (χ3n) is 2.46. The minimum Gasteiger partial charge on any atom is -0.406 e. The Morgan fingerprint density at radius 1 is 1.15 bits per heavy atom. The van der Waals surface area contributed by atoms with Crippen molar-refractivity contribution in [2.75, 3.05) is 0 Å². The lowest BCUT2D eigenvalue weighted by Gasteiger charge is -2.10. The van der Waals surface area contributed by atoms with Crippen molar-refractivity contribution in [2.24, 2.45) is 0 Å². The Bertz CT molecular complexity index is 629. The zero-order chi connectivity index (χ0) is 14.8. The Morgan fingerprint density at radius 3 is 2.35 bits per heavy atom. The smallest absolute Gasteiger partial charge is 0.406 e. The van der Waals surface area contributed by atoms with E-state index >= 15 is 0 Å². The number of carbonyl (C=O) groups excluding carboxylic acids is 2. The standard InChI is InChI=1S/C13H8F3NO3/c14-13(15,16)20-10-5-3-9(4-6-10)17-7-1-2-11(17)12(19)8-18/h1-8H. The number of halogens is 3. The van der Waals surface area contributed by atoms with Crippen LogP contribution < -0.4 is 4.74 Å². The number of alkyl halides is 3. The van der Waals surface area contributed by atoms with Crippen molar-refractivity contribution in [1.82, 2.24) is 4.57 Å². The summed E-state index contributed by atoms with van der Waals surface area (Å²) in [5.74, 6) is -1.08. The lowest BCUT2D eigenvalue weighted by Crippen LogP contribution is -2.17. The van der Waals surface area contributed by atoms with Crippen molar-refractivity contribution in [1.29, 1.82) is 0 Å². The fourth-order valence-corrected chi connectivity index (χ4v) is 1.68. The molecule has 0 aliphatic carbocycles. The molecule has 0 aliphatic rings. The maximum atomic E-state index is 12.0. The topological polar surface area (TPSA) is 48.3 Å². The molecule has 20 heavy (non-hydrogen) atoms. The van der Waals surface area contributed by atoms with E-state index in [1.165, 1.54) is 29.0 Å². The molecule has 104 valence electrons. The molecule has 0 radical (unpaired) electrons. The second-order valence-electron chi connectivity index (χ2n) is 3.79. The predicted octanol–water partition coefficient (Wildman–Crippen LogP) is 2.76. The summed E-state index contributed by atoms with van der Waals surface area (Å²) in [6, 6.07) is 7.94. The van der Waals surface area contributed by atoms with Crippen molar-refractivity contribution in [3.8, 4) is 11.4 Å². The number of carbonyl (C=O) groups is 2. The number of aldehydes is 1. The van der Waals surface area contributed by atoms with E-state index in [1.54, 1.807) is 6.07 Å². The second-order valence-corrected chi connectivity index (χ2v) is 3.79. The maximum Gasteiger partial charge on any atom is 0.573 e. The highest BCUT2D eigenvalue weighted by atomic mass is 19.4. The van der Waals surface area contributed by atoms with Crippen LogP contribution in [0.25, 0.3) is 5.69 Å². The molecule has 7 heteroatoms. The SMILES string of the molecule is O=CC(=O)c1cccn1-c1ccc(OC(F)(F)F)cc1. The van der Waals surface area contributed by atoms with Crippen LogP contribution in [0.1, 0.15) is 10.5 Å². The molecule has 0 saturated heterocycles. The third-order valence-corrected chi connectivity index (χ3v) is 2.46. The minimum absolute atomic E-state index is 0.129. The van der Waals surface area contributed by atoms with Gasteiger partial charge in [0.2, 0.25) is 5.78 Å². The van der Waals surface area contributed by atoms with Gasteiger partial charge < -0.3 is 9.30 Å². The Balaban J connectivity index is 2.29. The van der Waals surface area contributed by atoms with Crippen molar-refractivity contribution in [2.45, 2.75) is 6.36 Å². The van der Waals surface area contributed by atoms with Crippen LogP contribution in [0.4, 0.5) is 13.2 Å². The number of hydrogen-bond donors (Lipinski definition) is 0. The summed E-state index contributed by atoms with van der Waals surface area (Å²) in [6.45, 7) is 0. The molecule has 0 unspecified atom stereocenters. The second kappa shape index (κ2) is 5.20. The predicted molar refractivity (Wildman–Crippen MR) is 62.8 cm³/mol. The summed E-state index contributed by atoms with van der Waals surface area (Å²) in [5.41, 5.74) is 0.569. The van der Waals surface area contributed by atoms with Gasteiger partial charge in [0.25, 0.3) is 0 Å². The van der Waals surface area contributed by atoms with Crippen molar-refractivity contribution in [3.63, 3.8) is 0 Å². The van der Waals surface area contributed by atoms with Gasteiger partial charge >= 0.3 is 6.36 Å². The first kappa shape index (κ1) is 13.9. The van der Waals surface area contributed by atoms with Crippen molar-refractivity contribution in [3.05, 3.63) is 48.3 Å². The fraction of sp³-hybridized carbons (Fsp3) is 0.0769. The molecule has 0 bridgehead atoms. The molecule has 1 aromatic heterocycles. The number of Topliss-reactive ketones (excluding diaryl/α,β-unsaturated/α-hetero) is 1. The number of hydrogen-bond acceptors (Lipinski definition) is 3. The molecular weight excluding hydrogens is 275 g/mol. The van der Waals surface area contributed by atoms with E-state index in [4.69, 9.17) is 0 Å². The van der Waals surface area contributed by atoms with E-state index in [-0.39, 0.29) is 17.7 Å². The van der Waals surface area contributed by atoms with Crippen LogP contribution in [0.2, 0.25) is 0 Å². The quantitative estimate of drug-likeness (QED) is 0.492. The van der Waals surface area contributed by atoms with E-state index in [1.807, 2.05) is 0 Å². The van der Waals surface area contributed by atoms with E-state index in [0.717, 1.165) is 12.1 Å². The number of benzene rings is 1. The number of rotatable bonds is 4. The van der Waals surface area contributed by atoms with E-state index in [9.17, 15) is 22.8 Å². The van der Waals surface area contributed by atoms with E-state index in [2.05, 4.69) is 4.74 Å². The van der Waals surface area contributed by atoms with Gasteiger partial charge in [0.05, 0.1) is 5.69 Å². The minimum atomic E-state index is -4.76. The van der Waals surface area contributed by atoms with Gasteiger partial charge in [-0.25, -0.2) is 0 Å². The van der Waals surface area contributed by atoms with Gasteiger partial charge in [0, 0.05) is 11.9 Å². The van der Waals surface area contributed by atoms with Crippen LogP contribution in [0.15, 0.2) is 42.6 Å². The largest absolute Gasteiger partial charge is 0.573 e. The first-order valence-corrected chi connectivity index (χ1v) is 5.44. The molecule has 0 fully saturated rings. The van der Waals surface area contributed by atoms with Crippen LogP contribution in [-0.4, -0.2) is 23.0 Å². The summed E-state index contributed by atoms with van der Waals surface area (Å²) in [6.07, 6.45) is -3.06. The van der Waals surface area contributed by atoms with Gasteiger partial charge in [-0.15, -0.1) is 13.2 Å². The normalized spacial score (nSPS) is 11.2. The van der Waals surface area contributed by atoms with E-state index < -0.39 is 12.1 Å². The lowest BCUT2D eigenvalue weighted by molar-refractivity contribution is -0.274. The monoisotopic (exact) mass is 283 g/mol. The number of ketones is 1. The Kier molecular flexibility index (Phi) is 3.60. The maximum absolute atomic E-state index is 12.0. The number of ether oxygens (including phenoxy) is 1. The highest BCUT2D eigenvalue weighted by Crippen LogP contribution is 2.24. The first-order chi connectivity index (χ1) is 9.40. The van der Waals surface area contributed by atoms with Gasteiger partial charge in [-0.3, -0.25) is 9.59 Å². The van der Waals surface area contributed by atoms with Crippen LogP contribution in [0.3, 0.4) is 0 Å². The van der Waals surface area contributed by atoms with E-state index in [0.29, 0.717) is 5.69 Å². The molecule has 0 atom stereocenters. The summed E-state index contributed by atoms with van der Waals surface area (Å²) in [5, 5.41) is 0.